The molecule has 0 saturated heterocycles. The van der Waals surface area contributed by atoms with Crippen molar-refractivity contribution >= 4 is 0 Å². The van der Waals surface area contributed by atoms with E-state index in [0.29, 0.717) is 5.56 Å². The summed E-state index contributed by atoms with van der Waals surface area (Å²) in [4.78, 5) is 0. The lowest BCUT2D eigenvalue weighted by Gasteiger charge is -2.37. The maximum atomic E-state index is 13.5. The molecule has 1 N–H and O–H groups in total. The minimum atomic E-state index is -0.563. The van der Waals surface area contributed by atoms with Crippen molar-refractivity contribution in [1.82, 2.24) is 5.32 Å². The Bertz CT molecular complexity index is 409. The van der Waals surface area contributed by atoms with Gasteiger partial charge in [0.15, 0.2) is 0 Å². The van der Waals surface area contributed by atoms with E-state index in [1.165, 1.54) is 12.1 Å². The van der Waals surface area contributed by atoms with E-state index in [1.54, 1.807) is 7.11 Å². The highest BCUT2D eigenvalue weighted by molar-refractivity contribution is 5.23. The van der Waals surface area contributed by atoms with E-state index in [0.717, 1.165) is 19.0 Å². The molecule has 0 bridgehead atoms. The Morgan fingerprint density at radius 1 is 1.15 bits per heavy atom. The van der Waals surface area contributed by atoms with Gasteiger partial charge in [-0.05, 0) is 36.1 Å². The third-order valence-electron chi connectivity index (χ3n) is 3.27. The Balaban J connectivity index is 3.16. The third kappa shape index (κ3) is 4.53. The summed E-state index contributed by atoms with van der Waals surface area (Å²) in [6, 6.07) is 3.38. The van der Waals surface area contributed by atoms with Crippen molar-refractivity contribution in [1.29, 1.82) is 0 Å². The van der Waals surface area contributed by atoms with Crippen molar-refractivity contribution in [3.63, 3.8) is 0 Å². The van der Waals surface area contributed by atoms with Crippen molar-refractivity contribution in [2.24, 2.45) is 5.41 Å². The quantitative estimate of drug-likeness (QED) is 0.851. The predicted molar refractivity (Wildman–Crippen MR) is 77.6 cm³/mol. The van der Waals surface area contributed by atoms with E-state index >= 15 is 0 Å². The molecule has 4 heteroatoms. The SMILES string of the molecule is CCCNC(c1cc(F)cc(F)c1)C(OC)C(C)(C)C. The molecule has 1 rings (SSSR count). The Kier molecular flexibility index (Phi) is 6.08. The maximum absolute atomic E-state index is 13.5. The van der Waals surface area contributed by atoms with Gasteiger partial charge in [0.2, 0.25) is 0 Å². The van der Waals surface area contributed by atoms with E-state index < -0.39 is 11.6 Å². The molecule has 0 aliphatic carbocycles. The van der Waals surface area contributed by atoms with Gasteiger partial charge in [-0.15, -0.1) is 0 Å². The van der Waals surface area contributed by atoms with Crippen LogP contribution in [0.3, 0.4) is 0 Å². The van der Waals surface area contributed by atoms with Gasteiger partial charge >= 0.3 is 0 Å². The number of hydrogen-bond donors (Lipinski definition) is 1. The minimum Gasteiger partial charge on any atom is -0.379 e. The van der Waals surface area contributed by atoms with E-state index in [1.807, 2.05) is 0 Å². The summed E-state index contributed by atoms with van der Waals surface area (Å²) >= 11 is 0. The van der Waals surface area contributed by atoms with Crippen LogP contribution >= 0.6 is 0 Å². The van der Waals surface area contributed by atoms with E-state index in [2.05, 4.69) is 33.0 Å². The Labute approximate surface area is 120 Å². The van der Waals surface area contributed by atoms with Gasteiger partial charge in [0, 0.05) is 13.2 Å². The summed E-state index contributed by atoms with van der Waals surface area (Å²) in [6.07, 6.45) is 0.754. The summed E-state index contributed by atoms with van der Waals surface area (Å²) in [5, 5.41) is 3.34. The molecule has 0 fully saturated rings. The van der Waals surface area contributed by atoms with Crippen LogP contribution in [-0.4, -0.2) is 19.8 Å². The maximum Gasteiger partial charge on any atom is 0.126 e. The molecule has 2 nitrogen and oxygen atoms in total. The normalized spacial score (nSPS) is 15.2. The topological polar surface area (TPSA) is 21.3 Å². The average molecular weight is 285 g/mol. The molecule has 1 aromatic carbocycles. The van der Waals surface area contributed by atoms with Gasteiger partial charge in [0.25, 0.3) is 0 Å². The summed E-state index contributed by atoms with van der Waals surface area (Å²) < 4.78 is 32.5. The van der Waals surface area contributed by atoms with Crippen LogP contribution in [0.1, 0.15) is 45.7 Å². The number of ether oxygens (including phenoxy) is 1. The Morgan fingerprint density at radius 2 is 1.70 bits per heavy atom. The highest BCUT2D eigenvalue weighted by atomic mass is 19.1. The molecule has 0 radical (unpaired) electrons. The molecule has 2 atom stereocenters. The smallest absolute Gasteiger partial charge is 0.126 e. The molecule has 0 spiro atoms. The average Bonchev–Trinajstić information content (AvgIpc) is 2.31. The zero-order valence-electron chi connectivity index (χ0n) is 13.0. The first-order valence-electron chi connectivity index (χ1n) is 7.01. The number of hydrogen-bond acceptors (Lipinski definition) is 2. The predicted octanol–water partition coefficient (Wildman–Crippen LogP) is 4.07. The van der Waals surface area contributed by atoms with Gasteiger partial charge in [-0.2, -0.15) is 0 Å². The molecule has 20 heavy (non-hydrogen) atoms. The summed E-state index contributed by atoms with van der Waals surface area (Å²) in [7, 11) is 1.63. The number of benzene rings is 1. The molecule has 0 aliphatic heterocycles. The van der Waals surface area contributed by atoms with Crippen LogP contribution in [0, 0.1) is 17.0 Å². The zero-order valence-corrected chi connectivity index (χ0v) is 13.0. The van der Waals surface area contributed by atoms with Gasteiger partial charge in [-0.3, -0.25) is 0 Å². The van der Waals surface area contributed by atoms with Crippen LogP contribution in [0.25, 0.3) is 0 Å². The molecular formula is C16H25F2NO. The molecule has 0 amide bonds. The lowest BCUT2D eigenvalue weighted by atomic mass is 9.82. The van der Waals surface area contributed by atoms with Crippen molar-refractivity contribution in [2.75, 3.05) is 13.7 Å². The summed E-state index contributed by atoms with van der Waals surface area (Å²) in [5.74, 6) is -1.13. The number of nitrogens with one attached hydrogen (secondary N) is 1. The number of methoxy groups -OCH3 is 1. The fraction of sp³-hybridized carbons (Fsp3) is 0.625. The van der Waals surface area contributed by atoms with Crippen molar-refractivity contribution in [3.05, 3.63) is 35.4 Å². The zero-order chi connectivity index (χ0) is 15.3. The Hall–Kier alpha value is -1.00. The number of rotatable bonds is 6. The fourth-order valence-corrected chi connectivity index (χ4v) is 2.44. The van der Waals surface area contributed by atoms with Gasteiger partial charge < -0.3 is 10.1 Å². The number of halogens is 2. The van der Waals surface area contributed by atoms with E-state index in [4.69, 9.17) is 4.74 Å². The van der Waals surface area contributed by atoms with Crippen LogP contribution in [-0.2, 0) is 4.74 Å². The second-order valence-electron chi connectivity index (χ2n) is 6.16. The largest absolute Gasteiger partial charge is 0.379 e. The third-order valence-corrected chi connectivity index (χ3v) is 3.27. The van der Waals surface area contributed by atoms with Crippen LogP contribution in [0.4, 0.5) is 8.78 Å². The van der Waals surface area contributed by atoms with Crippen LogP contribution in [0.2, 0.25) is 0 Å². The lowest BCUT2D eigenvalue weighted by molar-refractivity contribution is -0.0120. The van der Waals surface area contributed by atoms with Crippen molar-refractivity contribution < 1.29 is 13.5 Å². The monoisotopic (exact) mass is 285 g/mol. The molecule has 0 aliphatic rings. The summed E-state index contributed by atoms with van der Waals surface area (Å²) in [6.45, 7) is 8.97. The van der Waals surface area contributed by atoms with E-state index in [-0.39, 0.29) is 17.6 Å². The first-order chi connectivity index (χ1) is 9.29. The van der Waals surface area contributed by atoms with Crippen molar-refractivity contribution in [3.8, 4) is 0 Å². The second-order valence-corrected chi connectivity index (χ2v) is 6.16. The lowest BCUT2D eigenvalue weighted by Crippen LogP contribution is -2.41. The molecule has 1 aromatic rings. The Morgan fingerprint density at radius 3 is 2.10 bits per heavy atom. The molecule has 0 heterocycles. The van der Waals surface area contributed by atoms with Crippen LogP contribution < -0.4 is 5.32 Å². The second kappa shape index (κ2) is 7.14. The van der Waals surface area contributed by atoms with Gasteiger partial charge in [0.1, 0.15) is 11.6 Å². The van der Waals surface area contributed by atoms with Crippen LogP contribution in [0.15, 0.2) is 18.2 Å². The minimum absolute atomic E-state index is 0.150. The van der Waals surface area contributed by atoms with Gasteiger partial charge in [-0.25, -0.2) is 8.78 Å². The van der Waals surface area contributed by atoms with Crippen molar-refractivity contribution in [2.45, 2.75) is 46.3 Å². The standard InChI is InChI=1S/C16H25F2NO/c1-6-7-19-14(15(20-5)16(2,3)4)11-8-12(17)10-13(18)9-11/h8-10,14-15,19H,6-7H2,1-5H3. The molecule has 114 valence electrons. The highest BCUT2D eigenvalue weighted by Crippen LogP contribution is 2.33. The van der Waals surface area contributed by atoms with Crippen LogP contribution in [0.5, 0.6) is 0 Å². The molecule has 0 aromatic heterocycles. The fourth-order valence-electron chi connectivity index (χ4n) is 2.44. The molecular weight excluding hydrogens is 260 g/mol. The summed E-state index contributed by atoms with van der Waals surface area (Å²) in [5.41, 5.74) is 0.431. The first kappa shape index (κ1) is 17.1. The van der Waals surface area contributed by atoms with E-state index in [9.17, 15) is 8.78 Å². The molecule has 0 saturated carbocycles. The highest BCUT2D eigenvalue weighted by Gasteiger charge is 2.33. The van der Waals surface area contributed by atoms with Gasteiger partial charge in [0.05, 0.1) is 12.1 Å². The first-order valence-corrected chi connectivity index (χ1v) is 7.01. The molecule has 2 unspecified atom stereocenters. The van der Waals surface area contributed by atoms with Gasteiger partial charge in [-0.1, -0.05) is 27.7 Å².